The maximum Gasteiger partial charge on any atom is 0.316 e. The molecule has 16 aromatic rings. The number of nitrogens with one attached hydrogen (secondary N) is 14. The van der Waals surface area contributed by atoms with Crippen molar-refractivity contribution in [3.05, 3.63) is 190 Å². The molecule has 128 heavy (non-hydrogen) atoms. The van der Waals surface area contributed by atoms with Gasteiger partial charge in [-0.15, -0.1) is 0 Å². The van der Waals surface area contributed by atoms with E-state index in [1.807, 2.05) is 24.3 Å². The monoisotopic (exact) mass is 1770 g/mol. The fourth-order valence-electron chi connectivity index (χ4n) is 15.7. The fourth-order valence-corrected chi connectivity index (χ4v) is 16.0. The Kier molecular flexibility index (Phi) is 26.3. The summed E-state index contributed by atoms with van der Waals surface area (Å²) in [5.74, 6) is 2.35. The van der Waals surface area contributed by atoms with Gasteiger partial charge in [0.25, 0.3) is 17.7 Å². The summed E-state index contributed by atoms with van der Waals surface area (Å²) in [7, 11) is 2.91. The quantitative estimate of drug-likeness (QED) is 0.0300. The number of hydrogen-bond donors (Lipinski definition) is 14. The van der Waals surface area contributed by atoms with Gasteiger partial charge in [0.2, 0.25) is 11.7 Å². The molecule has 0 unspecified atom stereocenters. The van der Waals surface area contributed by atoms with Crippen LogP contribution in [0.5, 0.6) is 11.8 Å². The number of methoxy groups -OCH3 is 2. The van der Waals surface area contributed by atoms with Crippen molar-refractivity contribution < 1.29 is 47.6 Å². The number of anilines is 4. The van der Waals surface area contributed by atoms with Crippen molar-refractivity contribution in [1.29, 1.82) is 0 Å². The van der Waals surface area contributed by atoms with Crippen LogP contribution in [-0.4, -0.2) is 281 Å². The molecule has 21 rings (SSSR count). The molecule has 40 nitrogen and oxygen atoms in total. The highest BCUT2D eigenvalue weighted by atomic mass is 35.5. The van der Waals surface area contributed by atoms with Gasteiger partial charge in [0.1, 0.15) is 34.2 Å². The number of halogens is 2. The Bertz CT molecular complexity index is 6540. The first-order chi connectivity index (χ1) is 62.7. The zero-order valence-corrected chi connectivity index (χ0v) is 71.3. The minimum absolute atomic E-state index is 0.00646. The molecule has 660 valence electrons. The van der Waals surface area contributed by atoms with Gasteiger partial charge in [-0.1, -0.05) is 47.5 Å². The van der Waals surface area contributed by atoms with Gasteiger partial charge in [-0.05, 0) is 115 Å². The summed E-state index contributed by atoms with van der Waals surface area (Å²) in [6.45, 7) is 19.0. The van der Waals surface area contributed by atoms with Gasteiger partial charge >= 0.3 is 6.01 Å². The number of hydrogen-bond acceptors (Lipinski definition) is 26. The largest absolute Gasteiger partial charge is 0.496 e. The second-order valence-electron chi connectivity index (χ2n) is 31.0. The predicted octanol–water partition coefficient (Wildman–Crippen LogP) is 9.93. The number of nitrogens with zero attached hydrogens (tertiary/aromatic N) is 16. The van der Waals surface area contributed by atoms with Gasteiger partial charge in [-0.2, -0.15) is 25.4 Å². The molecular weight excluding hydrogens is 1680 g/mol. The Hall–Kier alpha value is -13.7. The van der Waals surface area contributed by atoms with E-state index in [1.165, 1.54) is 48.9 Å². The number of benzene rings is 5. The van der Waals surface area contributed by atoms with E-state index in [2.05, 4.69) is 190 Å². The van der Waals surface area contributed by atoms with Crippen LogP contribution < -0.4 is 36.1 Å². The van der Waals surface area contributed by atoms with Crippen LogP contribution in [0.25, 0.3) is 96.0 Å². The average Bonchev–Trinajstić information content (AvgIpc) is 1.65. The minimum Gasteiger partial charge on any atom is -0.496 e. The van der Waals surface area contributed by atoms with Crippen molar-refractivity contribution in [2.24, 2.45) is 5.92 Å². The fraction of sp³-hybridized carbons (Fsp3) is 0.314. The zero-order chi connectivity index (χ0) is 87.4. The summed E-state index contributed by atoms with van der Waals surface area (Å²) in [5, 5.41) is 43.5. The van der Waals surface area contributed by atoms with Crippen molar-refractivity contribution in [2.45, 2.75) is 39.0 Å². The van der Waals surface area contributed by atoms with E-state index in [0.717, 1.165) is 201 Å². The highest BCUT2D eigenvalue weighted by Gasteiger charge is 2.28. The molecule has 5 aliphatic rings. The van der Waals surface area contributed by atoms with E-state index in [0.29, 0.717) is 96.6 Å². The molecule has 0 atom stereocenters. The van der Waals surface area contributed by atoms with E-state index in [9.17, 15) is 19.2 Å². The predicted molar refractivity (Wildman–Crippen MR) is 478 cm³/mol. The average molecular weight is 1780 g/mol. The number of aromatic nitrogens is 21. The van der Waals surface area contributed by atoms with Crippen LogP contribution >= 0.6 is 23.2 Å². The van der Waals surface area contributed by atoms with Crippen molar-refractivity contribution in [2.75, 3.05) is 154 Å². The molecule has 42 heteroatoms. The van der Waals surface area contributed by atoms with E-state index < -0.39 is 5.91 Å². The number of morpholine rings is 4. The van der Waals surface area contributed by atoms with Crippen molar-refractivity contribution in [1.82, 2.24) is 130 Å². The first-order valence-corrected chi connectivity index (χ1v) is 42.6. The summed E-state index contributed by atoms with van der Waals surface area (Å²) < 4.78 is 33.7. The first kappa shape index (κ1) is 85.2. The lowest BCUT2D eigenvalue weighted by molar-refractivity contribution is -0.120. The molecule has 0 spiro atoms. The molecule has 0 aliphatic carbocycles. The highest BCUT2D eigenvalue weighted by Crippen LogP contribution is 2.34. The lowest BCUT2D eigenvalue weighted by Crippen LogP contribution is -2.35. The van der Waals surface area contributed by atoms with Crippen molar-refractivity contribution in [3.63, 3.8) is 0 Å². The van der Waals surface area contributed by atoms with Gasteiger partial charge < -0.3 is 79.9 Å². The van der Waals surface area contributed by atoms with Crippen molar-refractivity contribution in [3.8, 4) is 57.8 Å². The van der Waals surface area contributed by atoms with Crippen LogP contribution in [0.2, 0.25) is 10.0 Å². The highest BCUT2D eigenvalue weighted by molar-refractivity contribution is 6.34. The molecule has 5 fully saturated rings. The standard InChI is InChI=1S/C23H23ClN6O3.C21H21ClN8O3.C21H21N9O2.C21H27N7O2/c1-32-20-5-3-15(24)11-16(20)23(31)28-19-12-25-29-21(19)22-26-17-4-2-14(10-18(17)27-22)13-30-6-8-33-9-7-30;1-32-21-23-9-13(22)17(28-21)20(31)27-16-10-24-29-18(16)19-25-14-3-2-12(8-15(14)26-19)11-30-4-6-33-7-5-30;31-20(17-12-30-4-3-22-21(30)27-17)26-16-10-23-28-18(16)19-24-14-2-1-13(9-15(14)25-19)11-29-5-7-32-8-6-29;29-21(15-3-5-22-6-4-15)26-18-12-23-27-19(18)20-24-16-2-1-14(11-17(16)25-20)13-28-7-9-30-10-8-28/h2-5,10-12H,6-9,13H2,1H3,(H,25,29)(H,26,27)(H,28,31);2-3,8-10H,4-7,11H2,1H3,(H,24,29)(H,25,26)(H,27,31);1-4,9-10,12H,5-8,11H2,(H,22,27)(H,23,28)(H,24,25)(H,26,31);1-2,11-12,15,22H,3-10,13H2,(H,23,27)(H,24,25)(H,26,29). The lowest BCUT2D eigenvalue weighted by Gasteiger charge is -2.26. The van der Waals surface area contributed by atoms with Gasteiger partial charge in [-0.25, -0.2) is 29.9 Å². The number of rotatable bonds is 22. The molecule has 4 amide bonds. The molecular formula is C86H92Cl2N30O10. The van der Waals surface area contributed by atoms with E-state index >= 15 is 0 Å². The van der Waals surface area contributed by atoms with Crippen LogP contribution in [0.15, 0.2) is 141 Å². The van der Waals surface area contributed by atoms with E-state index in [-0.39, 0.29) is 40.4 Å². The Morgan fingerprint density at radius 2 is 0.844 bits per heavy atom. The number of H-pyrrole nitrogens is 9. The number of piperidine rings is 1. The number of aromatic amines is 9. The van der Waals surface area contributed by atoms with E-state index in [1.54, 1.807) is 59.8 Å². The lowest BCUT2D eigenvalue weighted by atomic mass is 9.97. The summed E-state index contributed by atoms with van der Waals surface area (Å²) in [6.07, 6.45) is 14.4. The van der Waals surface area contributed by atoms with Crippen LogP contribution in [0, 0.1) is 5.92 Å². The van der Waals surface area contributed by atoms with E-state index in [4.69, 9.17) is 56.6 Å². The zero-order valence-electron chi connectivity index (χ0n) is 69.8. The van der Waals surface area contributed by atoms with Gasteiger partial charge in [0.05, 0.1) is 176 Å². The topological polar surface area (TPSA) is 485 Å². The molecule has 0 saturated carbocycles. The van der Waals surface area contributed by atoms with Crippen LogP contribution in [0.4, 0.5) is 22.7 Å². The number of imidazole rings is 6. The SMILES string of the molecule is COc1ccc(Cl)cc1C(=O)Nc1cn[nH]c1-c1nc2ccc(CN3CCOCC3)cc2[nH]1.COc1ncc(Cl)c(C(=O)Nc2cn[nH]c2-c2nc3ccc(CN4CCOCC4)cc3[nH]2)n1.O=C(Nc1cn[nH]c1-c1nc2ccc(CN3CCOCC3)cc2[nH]1)C1CCNCC1.O=C(Nc1cn[nH]c1-c1nc2ccc(CN3CCOCC3)cc2[nH]1)c1cn2ccnc2[nH]1. The van der Waals surface area contributed by atoms with Crippen LogP contribution in [0.3, 0.4) is 0 Å². The van der Waals surface area contributed by atoms with Gasteiger partial charge in [0, 0.05) is 108 Å². The summed E-state index contributed by atoms with van der Waals surface area (Å²) in [5.41, 5.74) is 17.2. The maximum atomic E-state index is 12.9. The third kappa shape index (κ3) is 20.2. The third-order valence-electron chi connectivity index (χ3n) is 22.4. The summed E-state index contributed by atoms with van der Waals surface area (Å²) >= 11 is 12.2. The second-order valence-corrected chi connectivity index (χ2v) is 31.9. The Balaban J connectivity index is 0.000000115. The van der Waals surface area contributed by atoms with Gasteiger partial charge in [-0.3, -0.25) is 63.6 Å². The normalized spacial score (nSPS) is 15.6. The van der Waals surface area contributed by atoms with Crippen LogP contribution in [0.1, 0.15) is 66.4 Å². The van der Waals surface area contributed by atoms with Gasteiger partial charge in [0.15, 0.2) is 29.0 Å². The molecule has 11 aromatic heterocycles. The summed E-state index contributed by atoms with van der Waals surface area (Å²) in [6, 6.07) is 29.8. The number of carbonyl (C=O) groups excluding carboxylic acids is 4. The number of ether oxygens (including phenoxy) is 6. The number of carbonyl (C=O) groups is 4. The molecule has 16 heterocycles. The molecule has 5 aromatic carbocycles. The number of amides is 4. The van der Waals surface area contributed by atoms with Crippen LogP contribution in [-0.2, 0) is 49.9 Å². The summed E-state index contributed by atoms with van der Waals surface area (Å²) in [4.78, 5) is 108. The maximum absolute atomic E-state index is 12.9. The molecule has 14 N–H and O–H groups in total. The second kappa shape index (κ2) is 39.5. The first-order valence-electron chi connectivity index (χ1n) is 41.9. The minimum atomic E-state index is -0.521. The molecule has 5 aliphatic heterocycles. The number of fused-ring (bicyclic) bond motifs is 5. The Labute approximate surface area is 739 Å². The molecule has 0 radical (unpaired) electrons. The molecule has 5 saturated heterocycles. The smallest absolute Gasteiger partial charge is 0.316 e. The van der Waals surface area contributed by atoms with Crippen molar-refractivity contribution >= 4 is 119 Å². The Morgan fingerprint density at radius 1 is 0.445 bits per heavy atom. The Morgan fingerprint density at radius 3 is 1.24 bits per heavy atom. The third-order valence-corrected chi connectivity index (χ3v) is 22.9. The molecule has 0 bridgehead atoms.